The van der Waals surface area contributed by atoms with Crippen molar-refractivity contribution in [3.8, 4) is 5.75 Å². The van der Waals surface area contributed by atoms with Crippen LogP contribution in [0.1, 0.15) is 26.2 Å². The van der Waals surface area contributed by atoms with E-state index in [9.17, 15) is 8.42 Å². The number of rotatable bonds is 6. The highest BCUT2D eigenvalue weighted by molar-refractivity contribution is 7.87. The number of hydrogen-bond acceptors (Lipinski definition) is 3. The third kappa shape index (κ3) is 4.19. The summed E-state index contributed by atoms with van der Waals surface area (Å²) in [5, 5.41) is 0. The minimum absolute atomic E-state index is 0.0799. The molecule has 0 radical (unpaired) electrons. The van der Waals surface area contributed by atoms with Crippen LogP contribution in [0.15, 0.2) is 30.3 Å². The molecule has 20 heavy (non-hydrogen) atoms. The van der Waals surface area contributed by atoms with Crippen molar-refractivity contribution >= 4 is 10.2 Å². The summed E-state index contributed by atoms with van der Waals surface area (Å²) in [6, 6.07) is 9.45. The first kappa shape index (κ1) is 15.3. The maximum absolute atomic E-state index is 12.2. The average Bonchev–Trinajstić information content (AvgIpc) is 2.45. The Morgan fingerprint density at radius 3 is 2.75 bits per heavy atom. The summed E-state index contributed by atoms with van der Waals surface area (Å²) in [5.74, 6) is 0.748. The van der Waals surface area contributed by atoms with E-state index in [1.54, 1.807) is 4.31 Å². The second kappa shape index (κ2) is 7.06. The van der Waals surface area contributed by atoms with Gasteiger partial charge in [-0.2, -0.15) is 17.4 Å². The summed E-state index contributed by atoms with van der Waals surface area (Å²) in [5.41, 5.74) is 0. The van der Waals surface area contributed by atoms with E-state index in [0.29, 0.717) is 13.2 Å². The summed E-state index contributed by atoms with van der Waals surface area (Å²) >= 11 is 0. The van der Waals surface area contributed by atoms with Gasteiger partial charge in [0, 0.05) is 19.1 Å². The van der Waals surface area contributed by atoms with Crippen molar-refractivity contribution in [1.82, 2.24) is 9.03 Å². The van der Waals surface area contributed by atoms with Crippen LogP contribution in [0.25, 0.3) is 0 Å². The van der Waals surface area contributed by atoms with Crippen molar-refractivity contribution in [2.24, 2.45) is 0 Å². The molecule has 5 nitrogen and oxygen atoms in total. The van der Waals surface area contributed by atoms with Crippen molar-refractivity contribution in [2.75, 3.05) is 19.7 Å². The van der Waals surface area contributed by atoms with Gasteiger partial charge < -0.3 is 4.74 Å². The van der Waals surface area contributed by atoms with Gasteiger partial charge in [-0.15, -0.1) is 0 Å². The first-order chi connectivity index (χ1) is 9.59. The number of ether oxygens (including phenoxy) is 1. The fourth-order valence-corrected chi connectivity index (χ4v) is 3.82. The van der Waals surface area contributed by atoms with Crippen molar-refractivity contribution in [3.05, 3.63) is 30.3 Å². The molecule has 6 heteroatoms. The number of benzene rings is 1. The SMILES string of the molecule is C[C@H]1CCCCN1S(=O)(=O)NCCOc1ccccc1. The second-order valence-corrected chi connectivity index (χ2v) is 6.72. The Morgan fingerprint density at radius 2 is 2.05 bits per heavy atom. The Balaban J connectivity index is 1.77. The van der Waals surface area contributed by atoms with Crippen LogP contribution in [-0.2, 0) is 10.2 Å². The molecular weight excluding hydrogens is 276 g/mol. The number of para-hydroxylation sites is 1. The molecule has 1 saturated heterocycles. The number of hydrogen-bond donors (Lipinski definition) is 1. The molecular formula is C14H22N2O3S. The molecule has 1 aromatic carbocycles. The molecule has 0 spiro atoms. The second-order valence-electron chi connectivity index (χ2n) is 5.02. The number of nitrogens with zero attached hydrogens (tertiary/aromatic N) is 1. The summed E-state index contributed by atoms with van der Waals surface area (Å²) in [6.45, 7) is 3.17. The largest absolute Gasteiger partial charge is 0.492 e. The minimum Gasteiger partial charge on any atom is -0.492 e. The predicted molar refractivity (Wildman–Crippen MR) is 78.9 cm³/mol. The van der Waals surface area contributed by atoms with E-state index < -0.39 is 10.2 Å². The van der Waals surface area contributed by atoms with Crippen LogP contribution in [0.4, 0.5) is 0 Å². The topological polar surface area (TPSA) is 58.6 Å². The Kier molecular flexibility index (Phi) is 5.39. The molecule has 2 rings (SSSR count). The highest BCUT2D eigenvalue weighted by atomic mass is 32.2. The molecule has 1 aliphatic heterocycles. The molecule has 0 saturated carbocycles. The lowest BCUT2D eigenvalue weighted by Gasteiger charge is -2.32. The molecule has 1 heterocycles. The van der Waals surface area contributed by atoms with Crippen LogP contribution in [0, 0.1) is 0 Å². The van der Waals surface area contributed by atoms with Gasteiger partial charge in [0.2, 0.25) is 0 Å². The van der Waals surface area contributed by atoms with Crippen LogP contribution in [0.2, 0.25) is 0 Å². The van der Waals surface area contributed by atoms with Gasteiger partial charge in [-0.1, -0.05) is 24.6 Å². The van der Waals surface area contributed by atoms with E-state index in [0.717, 1.165) is 25.0 Å². The van der Waals surface area contributed by atoms with Crippen LogP contribution >= 0.6 is 0 Å². The number of piperidine rings is 1. The van der Waals surface area contributed by atoms with Crippen molar-refractivity contribution in [1.29, 1.82) is 0 Å². The lowest BCUT2D eigenvalue weighted by atomic mass is 10.1. The zero-order valence-corrected chi connectivity index (χ0v) is 12.6. The summed E-state index contributed by atoms with van der Waals surface area (Å²) in [7, 11) is -3.38. The van der Waals surface area contributed by atoms with Crippen LogP contribution < -0.4 is 9.46 Å². The van der Waals surface area contributed by atoms with Gasteiger partial charge in [0.05, 0.1) is 0 Å². The molecule has 1 aromatic rings. The fourth-order valence-electron chi connectivity index (χ4n) is 2.37. The van der Waals surface area contributed by atoms with Gasteiger partial charge >= 0.3 is 0 Å². The summed E-state index contributed by atoms with van der Waals surface area (Å²) in [6.07, 6.45) is 2.97. The van der Waals surface area contributed by atoms with Crippen molar-refractivity contribution < 1.29 is 13.2 Å². The smallest absolute Gasteiger partial charge is 0.279 e. The van der Waals surface area contributed by atoms with E-state index in [2.05, 4.69) is 4.72 Å². The van der Waals surface area contributed by atoms with E-state index in [1.807, 2.05) is 37.3 Å². The monoisotopic (exact) mass is 298 g/mol. The third-order valence-corrected chi connectivity index (χ3v) is 5.18. The maximum atomic E-state index is 12.2. The average molecular weight is 298 g/mol. The van der Waals surface area contributed by atoms with Crippen LogP contribution in [-0.4, -0.2) is 38.5 Å². The first-order valence-electron chi connectivity index (χ1n) is 7.04. The van der Waals surface area contributed by atoms with Gasteiger partial charge in [0.1, 0.15) is 12.4 Å². The van der Waals surface area contributed by atoms with Crippen LogP contribution in [0.3, 0.4) is 0 Å². The lowest BCUT2D eigenvalue weighted by Crippen LogP contribution is -2.48. The molecule has 0 aliphatic carbocycles. The molecule has 1 atom stereocenters. The van der Waals surface area contributed by atoms with Gasteiger partial charge in [0.25, 0.3) is 10.2 Å². The van der Waals surface area contributed by atoms with E-state index in [4.69, 9.17) is 4.74 Å². The lowest BCUT2D eigenvalue weighted by molar-refractivity contribution is 0.262. The highest BCUT2D eigenvalue weighted by Gasteiger charge is 2.28. The predicted octanol–water partition coefficient (Wildman–Crippen LogP) is 1.77. The number of nitrogens with one attached hydrogen (secondary N) is 1. The van der Waals surface area contributed by atoms with E-state index >= 15 is 0 Å². The Hall–Kier alpha value is -1.11. The Bertz CT molecular complexity index is 504. The van der Waals surface area contributed by atoms with Crippen molar-refractivity contribution in [3.63, 3.8) is 0 Å². The molecule has 0 unspecified atom stereocenters. The summed E-state index contributed by atoms with van der Waals surface area (Å²) < 4.78 is 34.0. The zero-order valence-electron chi connectivity index (χ0n) is 11.8. The molecule has 112 valence electrons. The highest BCUT2D eigenvalue weighted by Crippen LogP contribution is 2.18. The minimum atomic E-state index is -3.38. The Morgan fingerprint density at radius 1 is 1.30 bits per heavy atom. The van der Waals surface area contributed by atoms with Gasteiger partial charge in [-0.25, -0.2) is 0 Å². The zero-order chi connectivity index (χ0) is 14.4. The van der Waals surface area contributed by atoms with Gasteiger partial charge in [-0.05, 0) is 31.9 Å². The molecule has 1 N–H and O–H groups in total. The standard InChI is InChI=1S/C14H22N2O3S/c1-13-7-5-6-11-16(13)20(17,18)15-10-12-19-14-8-3-2-4-9-14/h2-4,8-9,13,15H,5-7,10-12H2,1H3/t13-/m0/s1. The quantitative estimate of drug-likeness (QED) is 0.814. The van der Waals surface area contributed by atoms with Gasteiger partial charge in [-0.3, -0.25) is 0 Å². The molecule has 0 aromatic heterocycles. The van der Waals surface area contributed by atoms with E-state index in [-0.39, 0.29) is 12.6 Å². The normalized spacial score (nSPS) is 20.8. The molecule has 0 bridgehead atoms. The fraction of sp³-hybridized carbons (Fsp3) is 0.571. The van der Waals surface area contributed by atoms with Crippen LogP contribution in [0.5, 0.6) is 5.75 Å². The summed E-state index contributed by atoms with van der Waals surface area (Å²) in [4.78, 5) is 0. The third-order valence-electron chi connectivity index (χ3n) is 3.45. The van der Waals surface area contributed by atoms with Crippen molar-refractivity contribution in [2.45, 2.75) is 32.2 Å². The maximum Gasteiger partial charge on any atom is 0.279 e. The first-order valence-corrected chi connectivity index (χ1v) is 8.48. The Labute approximate surface area is 121 Å². The molecule has 0 amide bonds. The molecule has 1 aliphatic rings. The molecule has 1 fully saturated rings. The van der Waals surface area contributed by atoms with Gasteiger partial charge in [0.15, 0.2) is 0 Å². The van der Waals surface area contributed by atoms with E-state index in [1.165, 1.54) is 0 Å².